The second-order valence-corrected chi connectivity index (χ2v) is 8.24. The van der Waals surface area contributed by atoms with Gasteiger partial charge >= 0.3 is 6.09 Å². The summed E-state index contributed by atoms with van der Waals surface area (Å²) in [4.78, 5) is 12.7. The number of carbonyl (C=O) groups is 1. The molecular weight excluding hydrogens is 426 g/mol. The fourth-order valence-electron chi connectivity index (χ4n) is 2.54. The Balaban J connectivity index is 1.78. The molecule has 2 aromatic rings. The van der Waals surface area contributed by atoms with Gasteiger partial charge in [-0.2, -0.15) is 8.42 Å². The van der Waals surface area contributed by atoms with E-state index in [-0.39, 0.29) is 18.0 Å². The number of anilines is 1. The largest absolute Gasteiger partial charge is 0.483 e. The number of hydrogen-bond acceptors (Lipinski definition) is 5. The first kappa shape index (κ1) is 18.7. The zero-order valence-corrected chi connectivity index (χ0v) is 16.2. The van der Waals surface area contributed by atoms with Gasteiger partial charge in [0.2, 0.25) is 0 Å². The summed E-state index contributed by atoms with van der Waals surface area (Å²) >= 11 is 3.32. The van der Waals surface area contributed by atoms with Gasteiger partial charge in [0.25, 0.3) is 10.1 Å². The molecule has 0 spiro atoms. The molecule has 2 aromatic carbocycles. The second kappa shape index (κ2) is 7.26. The van der Waals surface area contributed by atoms with Crippen LogP contribution < -0.4 is 9.64 Å². The lowest BCUT2D eigenvalue weighted by molar-refractivity contribution is 0.123. The van der Waals surface area contributed by atoms with Crippen molar-refractivity contribution in [2.75, 3.05) is 18.1 Å². The summed E-state index contributed by atoms with van der Waals surface area (Å²) < 4.78 is 36.0. The number of fused-ring (bicyclic) bond motifs is 1. The van der Waals surface area contributed by atoms with E-state index in [0.29, 0.717) is 15.9 Å². The maximum Gasteiger partial charge on any atom is 0.412 e. The van der Waals surface area contributed by atoms with Crippen LogP contribution in [0.1, 0.15) is 5.56 Å². The summed E-state index contributed by atoms with van der Waals surface area (Å²) in [5, 5.41) is 9.42. The Bertz CT molecular complexity index is 929. The fourth-order valence-corrected chi connectivity index (χ4v) is 3.92. The molecule has 1 aliphatic heterocycles. The molecule has 7 nitrogen and oxygen atoms in total. The van der Waals surface area contributed by atoms with Gasteiger partial charge in [-0.05, 0) is 47.1 Å². The van der Waals surface area contributed by atoms with E-state index >= 15 is 0 Å². The van der Waals surface area contributed by atoms with Crippen LogP contribution in [0.5, 0.6) is 5.75 Å². The van der Waals surface area contributed by atoms with Crippen LogP contribution in [0.15, 0.2) is 51.8 Å². The van der Waals surface area contributed by atoms with E-state index in [2.05, 4.69) is 15.9 Å². The van der Waals surface area contributed by atoms with Gasteiger partial charge in [-0.25, -0.2) is 4.79 Å². The minimum Gasteiger partial charge on any atom is -0.483 e. The standard InChI is InChI=1S/C17H16BrNO6S/c1-11-5-7-13(8-6-11)26(22,23)24-10-12-9-19(17(20)21)15-4-2-3-14(18)16(15)25-12/h2-8,12H,9-10H2,1H3,(H,20,21)/t12-/m0/s1. The zero-order valence-electron chi connectivity index (χ0n) is 13.8. The van der Waals surface area contributed by atoms with Crippen molar-refractivity contribution in [2.45, 2.75) is 17.9 Å². The molecule has 0 fully saturated rings. The van der Waals surface area contributed by atoms with E-state index in [1.165, 1.54) is 12.1 Å². The molecule has 138 valence electrons. The van der Waals surface area contributed by atoms with Crippen LogP contribution >= 0.6 is 15.9 Å². The number of halogens is 1. The molecule has 0 saturated carbocycles. The first-order valence-electron chi connectivity index (χ1n) is 7.69. The lowest BCUT2D eigenvalue weighted by atomic mass is 10.2. The quantitative estimate of drug-likeness (QED) is 0.730. The summed E-state index contributed by atoms with van der Waals surface area (Å²) in [5.74, 6) is 0.336. The molecule has 26 heavy (non-hydrogen) atoms. The average molecular weight is 442 g/mol. The molecule has 1 amide bonds. The van der Waals surface area contributed by atoms with Gasteiger partial charge < -0.3 is 9.84 Å². The minimum atomic E-state index is -3.96. The van der Waals surface area contributed by atoms with Gasteiger partial charge in [0, 0.05) is 0 Å². The smallest absolute Gasteiger partial charge is 0.412 e. The Morgan fingerprint density at radius 1 is 1.31 bits per heavy atom. The second-order valence-electron chi connectivity index (χ2n) is 5.77. The number of amides is 1. The van der Waals surface area contributed by atoms with Crippen molar-refractivity contribution in [1.82, 2.24) is 0 Å². The highest BCUT2D eigenvalue weighted by Crippen LogP contribution is 2.39. The summed E-state index contributed by atoms with van der Waals surface area (Å²) in [6.45, 7) is 1.51. The van der Waals surface area contributed by atoms with E-state index in [1.807, 2.05) is 6.92 Å². The number of nitrogens with zero attached hydrogens (tertiary/aromatic N) is 1. The monoisotopic (exact) mass is 441 g/mol. The molecule has 0 radical (unpaired) electrons. The number of ether oxygens (including phenoxy) is 1. The summed E-state index contributed by atoms with van der Waals surface area (Å²) in [6, 6.07) is 11.3. The normalized spacial score (nSPS) is 16.7. The molecule has 1 heterocycles. The molecule has 3 rings (SSSR count). The average Bonchev–Trinajstić information content (AvgIpc) is 2.60. The number of hydrogen-bond donors (Lipinski definition) is 1. The van der Waals surface area contributed by atoms with Crippen LogP contribution in [-0.2, 0) is 14.3 Å². The van der Waals surface area contributed by atoms with E-state index < -0.39 is 22.3 Å². The number of para-hydroxylation sites is 1. The van der Waals surface area contributed by atoms with Crippen molar-refractivity contribution in [3.8, 4) is 5.75 Å². The lowest BCUT2D eigenvalue weighted by Crippen LogP contribution is -2.45. The Labute approximate surface area is 159 Å². The first-order chi connectivity index (χ1) is 12.3. The number of aryl methyl sites for hydroxylation is 1. The van der Waals surface area contributed by atoms with Crippen molar-refractivity contribution in [3.05, 3.63) is 52.5 Å². The third kappa shape index (κ3) is 3.84. The van der Waals surface area contributed by atoms with E-state index in [1.54, 1.807) is 30.3 Å². The maximum atomic E-state index is 12.3. The van der Waals surface area contributed by atoms with Crippen molar-refractivity contribution in [1.29, 1.82) is 0 Å². The van der Waals surface area contributed by atoms with E-state index in [0.717, 1.165) is 10.5 Å². The highest BCUT2D eigenvalue weighted by atomic mass is 79.9. The predicted octanol–water partition coefficient (Wildman–Crippen LogP) is 3.41. The number of benzene rings is 2. The molecule has 9 heteroatoms. The highest BCUT2D eigenvalue weighted by Gasteiger charge is 2.32. The van der Waals surface area contributed by atoms with Crippen LogP contribution in [0.3, 0.4) is 0 Å². The zero-order chi connectivity index (χ0) is 18.9. The fraction of sp³-hybridized carbons (Fsp3) is 0.235. The first-order valence-corrected chi connectivity index (χ1v) is 9.90. The van der Waals surface area contributed by atoms with Gasteiger partial charge in [-0.1, -0.05) is 23.8 Å². The molecule has 0 bridgehead atoms. The number of carboxylic acid groups (broad SMARTS) is 1. The van der Waals surface area contributed by atoms with Gasteiger partial charge in [0.15, 0.2) is 5.75 Å². The molecule has 1 atom stereocenters. The van der Waals surface area contributed by atoms with E-state index in [4.69, 9.17) is 8.92 Å². The van der Waals surface area contributed by atoms with Crippen LogP contribution in [0.2, 0.25) is 0 Å². The SMILES string of the molecule is Cc1ccc(S(=O)(=O)OC[C@@H]2CN(C(=O)O)c3cccc(Br)c3O2)cc1. The Kier molecular flexibility index (Phi) is 5.22. The lowest BCUT2D eigenvalue weighted by Gasteiger charge is -2.33. The number of rotatable bonds is 4. The Morgan fingerprint density at radius 2 is 2.00 bits per heavy atom. The molecular formula is C17H16BrNO6S. The van der Waals surface area contributed by atoms with Crippen molar-refractivity contribution in [3.63, 3.8) is 0 Å². The molecule has 1 N–H and O–H groups in total. The topological polar surface area (TPSA) is 93.1 Å². The highest BCUT2D eigenvalue weighted by molar-refractivity contribution is 9.10. The molecule has 0 aliphatic carbocycles. The summed E-state index contributed by atoms with van der Waals surface area (Å²) in [7, 11) is -3.96. The predicted molar refractivity (Wildman–Crippen MR) is 98.2 cm³/mol. The van der Waals surface area contributed by atoms with Crippen LogP contribution in [0, 0.1) is 6.92 Å². The molecule has 0 saturated heterocycles. The van der Waals surface area contributed by atoms with Gasteiger partial charge in [-0.3, -0.25) is 9.08 Å². The van der Waals surface area contributed by atoms with Gasteiger partial charge in [0.1, 0.15) is 12.7 Å². The summed E-state index contributed by atoms with van der Waals surface area (Å²) in [5.41, 5.74) is 1.32. The Hall–Kier alpha value is -2.10. The van der Waals surface area contributed by atoms with E-state index in [9.17, 15) is 18.3 Å². The van der Waals surface area contributed by atoms with Gasteiger partial charge in [0.05, 0.1) is 21.6 Å². The third-order valence-electron chi connectivity index (χ3n) is 3.86. The Morgan fingerprint density at radius 3 is 2.65 bits per heavy atom. The van der Waals surface area contributed by atoms with Crippen molar-refractivity contribution >= 4 is 37.8 Å². The van der Waals surface area contributed by atoms with Crippen molar-refractivity contribution in [2.24, 2.45) is 0 Å². The third-order valence-corrected chi connectivity index (χ3v) is 5.78. The van der Waals surface area contributed by atoms with Crippen LogP contribution in [0.4, 0.5) is 10.5 Å². The molecule has 1 aliphatic rings. The maximum absolute atomic E-state index is 12.3. The molecule has 0 aromatic heterocycles. The summed E-state index contributed by atoms with van der Waals surface area (Å²) in [6.07, 6.45) is -1.92. The molecule has 0 unspecified atom stereocenters. The van der Waals surface area contributed by atoms with Crippen LogP contribution in [0.25, 0.3) is 0 Å². The van der Waals surface area contributed by atoms with Crippen LogP contribution in [-0.4, -0.2) is 38.9 Å². The van der Waals surface area contributed by atoms with Gasteiger partial charge in [-0.15, -0.1) is 0 Å². The minimum absolute atomic E-state index is 0.0376. The van der Waals surface area contributed by atoms with Crippen molar-refractivity contribution < 1.29 is 27.2 Å².